The molecule has 0 fully saturated rings. The van der Waals surface area contributed by atoms with Gasteiger partial charge in [-0.1, -0.05) is 47.5 Å². The molecule has 1 N–H and O–H groups in total. The molecule has 3 aromatic carbocycles. The first kappa shape index (κ1) is 26.0. The molecule has 7 heteroatoms. The first-order valence-corrected chi connectivity index (χ1v) is 12.3. The number of nitrogens with one attached hydrogen (secondary N) is 1. The van der Waals surface area contributed by atoms with Crippen LogP contribution in [0.25, 0.3) is 6.08 Å². The van der Waals surface area contributed by atoms with Crippen LogP contribution in [0.15, 0.2) is 72.8 Å². The molecule has 37 heavy (non-hydrogen) atoms. The number of ether oxygens (including phenoxy) is 2. The highest BCUT2D eigenvalue weighted by molar-refractivity contribution is 6.30. The van der Waals surface area contributed by atoms with Gasteiger partial charge in [-0.3, -0.25) is 9.48 Å². The van der Waals surface area contributed by atoms with Crippen molar-refractivity contribution >= 4 is 29.3 Å². The minimum Gasteiger partial charge on any atom is -0.496 e. The molecular weight excluding hydrogens is 486 g/mol. The summed E-state index contributed by atoms with van der Waals surface area (Å²) in [5.41, 5.74) is 6.30. The van der Waals surface area contributed by atoms with Crippen LogP contribution >= 0.6 is 11.6 Å². The summed E-state index contributed by atoms with van der Waals surface area (Å²) in [6, 6.07) is 21.3. The molecule has 4 rings (SSSR count). The number of rotatable bonds is 9. The highest BCUT2D eigenvalue weighted by Crippen LogP contribution is 2.24. The van der Waals surface area contributed by atoms with Crippen molar-refractivity contribution < 1.29 is 14.3 Å². The van der Waals surface area contributed by atoms with Gasteiger partial charge in [0.1, 0.15) is 18.1 Å². The van der Waals surface area contributed by atoms with Crippen molar-refractivity contribution in [1.82, 2.24) is 9.78 Å². The van der Waals surface area contributed by atoms with Crippen LogP contribution < -0.4 is 14.8 Å². The number of anilines is 1. The molecule has 0 atom stereocenters. The second-order valence-corrected chi connectivity index (χ2v) is 9.27. The van der Waals surface area contributed by atoms with E-state index in [1.807, 2.05) is 92.2 Å². The fraction of sp³-hybridized carbons (Fsp3) is 0.200. The maximum absolute atomic E-state index is 12.7. The normalized spacial score (nSPS) is 11.1. The Hall–Kier alpha value is -4.03. The number of hydrogen-bond acceptors (Lipinski definition) is 4. The minimum atomic E-state index is -0.234. The SMILES string of the molecule is COc1ccc(/C=C/C(=O)Nc2c(C)nn(Cc3cccc(Cl)c3)c2C)cc1COc1ccc(C)cc1. The maximum Gasteiger partial charge on any atom is 0.248 e. The molecule has 4 aromatic rings. The largest absolute Gasteiger partial charge is 0.496 e. The maximum atomic E-state index is 12.7. The number of carbonyl (C=O) groups excluding carboxylic acids is 1. The van der Waals surface area contributed by atoms with Gasteiger partial charge in [-0.05, 0) is 74.4 Å². The summed E-state index contributed by atoms with van der Waals surface area (Å²) in [5, 5.41) is 8.25. The smallest absolute Gasteiger partial charge is 0.248 e. The van der Waals surface area contributed by atoms with Gasteiger partial charge in [-0.15, -0.1) is 0 Å². The summed E-state index contributed by atoms with van der Waals surface area (Å²) in [5.74, 6) is 1.28. The van der Waals surface area contributed by atoms with Crippen molar-refractivity contribution in [2.75, 3.05) is 12.4 Å². The summed E-state index contributed by atoms with van der Waals surface area (Å²) < 4.78 is 13.3. The Bertz CT molecular complexity index is 1420. The first-order chi connectivity index (χ1) is 17.8. The van der Waals surface area contributed by atoms with Crippen LogP contribution in [0.2, 0.25) is 5.02 Å². The van der Waals surface area contributed by atoms with Gasteiger partial charge in [0.05, 0.1) is 30.7 Å². The van der Waals surface area contributed by atoms with E-state index in [4.69, 9.17) is 21.1 Å². The van der Waals surface area contributed by atoms with Gasteiger partial charge in [0.25, 0.3) is 0 Å². The van der Waals surface area contributed by atoms with E-state index in [1.165, 1.54) is 11.6 Å². The zero-order chi connectivity index (χ0) is 26.4. The summed E-state index contributed by atoms with van der Waals surface area (Å²) in [6.07, 6.45) is 3.28. The van der Waals surface area contributed by atoms with E-state index < -0.39 is 0 Å². The van der Waals surface area contributed by atoms with Crippen molar-refractivity contribution in [3.05, 3.63) is 111 Å². The Morgan fingerprint density at radius 2 is 1.84 bits per heavy atom. The van der Waals surface area contributed by atoms with E-state index >= 15 is 0 Å². The van der Waals surface area contributed by atoms with E-state index in [9.17, 15) is 4.79 Å². The van der Waals surface area contributed by atoms with Gasteiger partial charge in [-0.2, -0.15) is 5.10 Å². The molecule has 0 saturated heterocycles. The fourth-order valence-corrected chi connectivity index (χ4v) is 4.20. The number of aryl methyl sites for hydroxylation is 2. The summed E-state index contributed by atoms with van der Waals surface area (Å²) in [6.45, 7) is 6.77. The molecule has 0 aliphatic carbocycles. The molecule has 0 spiro atoms. The van der Waals surface area contributed by atoms with Crippen LogP contribution in [0.3, 0.4) is 0 Å². The molecule has 0 unspecified atom stereocenters. The van der Waals surface area contributed by atoms with Gasteiger partial charge in [0.2, 0.25) is 5.91 Å². The van der Waals surface area contributed by atoms with Crippen LogP contribution in [-0.2, 0) is 17.9 Å². The zero-order valence-electron chi connectivity index (χ0n) is 21.4. The average Bonchev–Trinajstić information content (AvgIpc) is 3.14. The lowest BCUT2D eigenvalue weighted by Crippen LogP contribution is -2.10. The lowest BCUT2D eigenvalue weighted by Gasteiger charge is -2.11. The Morgan fingerprint density at radius 3 is 2.57 bits per heavy atom. The monoisotopic (exact) mass is 515 g/mol. The number of halogens is 1. The predicted molar refractivity (Wildman–Crippen MR) is 148 cm³/mol. The third kappa shape index (κ3) is 6.80. The second-order valence-electron chi connectivity index (χ2n) is 8.83. The Morgan fingerprint density at radius 1 is 1.05 bits per heavy atom. The van der Waals surface area contributed by atoms with Crippen molar-refractivity contribution in [1.29, 1.82) is 0 Å². The second kappa shape index (κ2) is 11.8. The molecule has 190 valence electrons. The van der Waals surface area contributed by atoms with Crippen LogP contribution in [0.4, 0.5) is 5.69 Å². The number of methoxy groups -OCH3 is 1. The van der Waals surface area contributed by atoms with Crippen LogP contribution in [-0.4, -0.2) is 22.8 Å². The lowest BCUT2D eigenvalue weighted by atomic mass is 10.1. The van der Waals surface area contributed by atoms with Crippen LogP contribution in [0, 0.1) is 20.8 Å². The van der Waals surface area contributed by atoms with Gasteiger partial charge in [0, 0.05) is 16.7 Å². The van der Waals surface area contributed by atoms with Gasteiger partial charge >= 0.3 is 0 Å². The number of amides is 1. The van der Waals surface area contributed by atoms with Crippen molar-refractivity contribution in [3.8, 4) is 11.5 Å². The average molecular weight is 516 g/mol. The van der Waals surface area contributed by atoms with Crippen LogP contribution in [0.1, 0.15) is 33.6 Å². The molecule has 0 aliphatic heterocycles. The zero-order valence-corrected chi connectivity index (χ0v) is 22.2. The molecule has 1 heterocycles. The first-order valence-electron chi connectivity index (χ1n) is 12.0. The molecule has 6 nitrogen and oxygen atoms in total. The molecule has 0 aliphatic rings. The molecular formula is C30H30ClN3O3. The van der Waals surface area contributed by atoms with E-state index in [2.05, 4.69) is 10.4 Å². The molecule has 1 aromatic heterocycles. The number of hydrogen-bond donors (Lipinski definition) is 1. The number of carbonyl (C=O) groups is 1. The standard InChI is InChI=1S/C30H30ClN3O3/c1-20-8-12-27(13-9-20)37-19-25-16-23(10-14-28(25)36-4)11-15-29(35)32-30-21(2)33-34(22(30)3)18-24-6-5-7-26(31)17-24/h5-17H,18-19H2,1-4H3,(H,32,35)/b15-11+. The van der Waals surface area contributed by atoms with E-state index in [1.54, 1.807) is 13.2 Å². The van der Waals surface area contributed by atoms with E-state index in [0.717, 1.165) is 39.6 Å². The molecule has 1 amide bonds. The van der Waals surface area contributed by atoms with E-state index in [-0.39, 0.29) is 5.91 Å². The highest BCUT2D eigenvalue weighted by Gasteiger charge is 2.14. The van der Waals surface area contributed by atoms with Gasteiger partial charge in [-0.25, -0.2) is 0 Å². The highest BCUT2D eigenvalue weighted by atomic mass is 35.5. The van der Waals surface area contributed by atoms with E-state index in [0.29, 0.717) is 23.9 Å². The summed E-state index contributed by atoms with van der Waals surface area (Å²) >= 11 is 6.11. The third-order valence-corrected chi connectivity index (χ3v) is 6.23. The molecule has 0 radical (unpaired) electrons. The summed E-state index contributed by atoms with van der Waals surface area (Å²) in [4.78, 5) is 12.7. The van der Waals surface area contributed by atoms with Gasteiger partial charge in [0.15, 0.2) is 0 Å². The van der Waals surface area contributed by atoms with Crippen molar-refractivity contribution in [2.45, 2.75) is 33.9 Å². The lowest BCUT2D eigenvalue weighted by molar-refractivity contribution is -0.111. The Kier molecular flexibility index (Phi) is 8.31. The Labute approximate surface area is 222 Å². The van der Waals surface area contributed by atoms with Crippen LogP contribution in [0.5, 0.6) is 11.5 Å². The number of aromatic nitrogens is 2. The number of nitrogens with zero attached hydrogens (tertiary/aromatic N) is 2. The van der Waals surface area contributed by atoms with Crippen molar-refractivity contribution in [2.24, 2.45) is 0 Å². The number of benzene rings is 3. The molecule has 0 bridgehead atoms. The quantitative estimate of drug-likeness (QED) is 0.250. The topological polar surface area (TPSA) is 65.4 Å². The Balaban J connectivity index is 1.43. The molecule has 0 saturated carbocycles. The minimum absolute atomic E-state index is 0.234. The van der Waals surface area contributed by atoms with Crippen molar-refractivity contribution in [3.63, 3.8) is 0 Å². The fourth-order valence-electron chi connectivity index (χ4n) is 3.99. The van der Waals surface area contributed by atoms with Gasteiger partial charge < -0.3 is 14.8 Å². The third-order valence-electron chi connectivity index (χ3n) is 6.00. The predicted octanol–water partition coefficient (Wildman–Crippen LogP) is 6.75. The summed E-state index contributed by atoms with van der Waals surface area (Å²) in [7, 11) is 1.63.